The molecule has 1 heterocycles. The van der Waals surface area contributed by atoms with Gasteiger partial charge in [-0.15, -0.1) is 0 Å². The Kier molecular flexibility index (Phi) is 1.77. The molecule has 0 saturated heterocycles. The molecule has 1 rings (SSSR count). The summed E-state index contributed by atoms with van der Waals surface area (Å²) in [5.74, 6) is -0.118. The van der Waals surface area contributed by atoms with Crippen molar-refractivity contribution < 1.29 is 9.18 Å². The van der Waals surface area contributed by atoms with Crippen molar-refractivity contribution in [3.05, 3.63) is 0 Å². The summed E-state index contributed by atoms with van der Waals surface area (Å²) in [5.41, 5.74) is 0. The molecular formula is C5H7FN2O. The largest absolute Gasteiger partial charge is 0.299 e. The van der Waals surface area contributed by atoms with Gasteiger partial charge in [0.15, 0.2) is 0 Å². The van der Waals surface area contributed by atoms with Crippen LogP contribution in [-0.4, -0.2) is 36.9 Å². The third kappa shape index (κ3) is 1.25. The lowest BCUT2D eigenvalue weighted by molar-refractivity contribution is -0.124. The molecule has 0 radical (unpaired) electrons. The van der Waals surface area contributed by atoms with Crippen LogP contribution in [0.15, 0.2) is 4.99 Å². The molecule has 3 nitrogen and oxygen atoms in total. The summed E-state index contributed by atoms with van der Waals surface area (Å²) < 4.78 is 11.6. The van der Waals surface area contributed by atoms with Gasteiger partial charge in [-0.2, -0.15) is 0 Å². The third-order valence-electron chi connectivity index (χ3n) is 1.09. The molecule has 0 aromatic rings. The van der Waals surface area contributed by atoms with Crippen molar-refractivity contribution in [2.75, 3.05) is 19.8 Å². The van der Waals surface area contributed by atoms with Crippen LogP contribution in [-0.2, 0) is 4.79 Å². The van der Waals surface area contributed by atoms with Gasteiger partial charge in [-0.05, 0) is 0 Å². The topological polar surface area (TPSA) is 32.7 Å². The van der Waals surface area contributed by atoms with Gasteiger partial charge in [-0.1, -0.05) is 0 Å². The monoisotopic (exact) mass is 130 g/mol. The molecule has 0 aromatic heterocycles. The molecule has 4 heteroatoms. The number of aliphatic imine (C=N–C) groups is 1. The van der Waals surface area contributed by atoms with Gasteiger partial charge in [0.05, 0.1) is 12.9 Å². The number of halogens is 1. The Labute approximate surface area is 52.2 Å². The fourth-order valence-electron chi connectivity index (χ4n) is 0.646. The molecule has 1 aliphatic rings. The molecule has 1 amide bonds. The molecule has 1 aliphatic heterocycles. The summed E-state index contributed by atoms with van der Waals surface area (Å²) in [6.07, 6.45) is 1.38. The molecule has 0 saturated carbocycles. The molecule has 9 heavy (non-hydrogen) atoms. The Morgan fingerprint density at radius 3 is 3.11 bits per heavy atom. The molecule has 50 valence electrons. The molecule has 0 spiro atoms. The summed E-state index contributed by atoms with van der Waals surface area (Å²) >= 11 is 0. The standard InChI is InChI=1S/C5H7FN2O/c6-1-2-8-4-7-3-5(8)9/h4H,1-3H2. The highest BCUT2D eigenvalue weighted by Gasteiger charge is 2.14. The minimum absolute atomic E-state index is 0.118. The highest BCUT2D eigenvalue weighted by Crippen LogP contribution is 1.94. The first-order valence-corrected chi connectivity index (χ1v) is 2.70. The average Bonchev–Trinajstić information content (AvgIpc) is 2.18. The van der Waals surface area contributed by atoms with E-state index in [0.29, 0.717) is 0 Å². The predicted octanol–water partition coefficient (Wildman–Crippen LogP) is -0.174. The smallest absolute Gasteiger partial charge is 0.249 e. The maximum Gasteiger partial charge on any atom is 0.249 e. The minimum atomic E-state index is -0.502. The van der Waals surface area contributed by atoms with Gasteiger partial charge < -0.3 is 0 Å². The Hall–Kier alpha value is -0.930. The van der Waals surface area contributed by atoms with Crippen molar-refractivity contribution in [2.45, 2.75) is 0 Å². The molecule has 0 unspecified atom stereocenters. The van der Waals surface area contributed by atoms with E-state index in [1.54, 1.807) is 0 Å². The van der Waals surface area contributed by atoms with E-state index in [4.69, 9.17) is 0 Å². The Balaban J connectivity index is 2.40. The van der Waals surface area contributed by atoms with Crippen molar-refractivity contribution in [2.24, 2.45) is 4.99 Å². The van der Waals surface area contributed by atoms with Gasteiger partial charge in [0.1, 0.15) is 13.2 Å². The van der Waals surface area contributed by atoms with E-state index in [1.165, 1.54) is 11.2 Å². The van der Waals surface area contributed by atoms with Crippen molar-refractivity contribution >= 4 is 12.2 Å². The van der Waals surface area contributed by atoms with Crippen LogP contribution >= 0.6 is 0 Å². The Morgan fingerprint density at radius 2 is 2.67 bits per heavy atom. The molecule has 0 aromatic carbocycles. The summed E-state index contributed by atoms with van der Waals surface area (Å²) in [7, 11) is 0. The van der Waals surface area contributed by atoms with Crippen LogP contribution < -0.4 is 0 Å². The van der Waals surface area contributed by atoms with Crippen LogP contribution in [0, 0.1) is 0 Å². The van der Waals surface area contributed by atoms with Gasteiger partial charge in [-0.3, -0.25) is 14.7 Å². The van der Waals surface area contributed by atoms with Crippen LogP contribution in [0.2, 0.25) is 0 Å². The summed E-state index contributed by atoms with van der Waals surface area (Å²) in [6, 6.07) is 0. The van der Waals surface area contributed by atoms with E-state index >= 15 is 0 Å². The second-order valence-electron chi connectivity index (χ2n) is 1.73. The molecule has 0 bridgehead atoms. The van der Waals surface area contributed by atoms with E-state index in [1.807, 2.05) is 0 Å². The lowest BCUT2D eigenvalue weighted by Crippen LogP contribution is -2.27. The Morgan fingerprint density at radius 1 is 1.89 bits per heavy atom. The first-order chi connectivity index (χ1) is 4.34. The van der Waals surface area contributed by atoms with Gasteiger partial charge in [0.2, 0.25) is 5.91 Å². The highest BCUT2D eigenvalue weighted by atomic mass is 19.1. The van der Waals surface area contributed by atoms with Crippen LogP contribution in [0.4, 0.5) is 4.39 Å². The summed E-state index contributed by atoms with van der Waals surface area (Å²) in [5, 5.41) is 0. The molecule has 0 atom stereocenters. The van der Waals surface area contributed by atoms with E-state index in [9.17, 15) is 9.18 Å². The lowest BCUT2D eigenvalue weighted by atomic mass is 10.5. The van der Waals surface area contributed by atoms with E-state index in [-0.39, 0.29) is 19.0 Å². The van der Waals surface area contributed by atoms with Crippen LogP contribution in [0.3, 0.4) is 0 Å². The van der Waals surface area contributed by atoms with E-state index in [0.717, 1.165) is 0 Å². The zero-order valence-electron chi connectivity index (χ0n) is 4.88. The SMILES string of the molecule is O=C1CN=CN1CCF. The zero-order valence-corrected chi connectivity index (χ0v) is 4.88. The quantitative estimate of drug-likeness (QED) is 0.510. The van der Waals surface area contributed by atoms with Gasteiger partial charge >= 0.3 is 0 Å². The second kappa shape index (κ2) is 2.57. The molecule has 0 aliphatic carbocycles. The number of carbonyl (C=O) groups excluding carboxylic acids is 1. The van der Waals surface area contributed by atoms with Gasteiger partial charge in [0.25, 0.3) is 0 Å². The van der Waals surface area contributed by atoms with Crippen molar-refractivity contribution in [3.8, 4) is 0 Å². The zero-order chi connectivity index (χ0) is 6.69. The molecule has 0 N–H and O–H groups in total. The van der Waals surface area contributed by atoms with Crippen LogP contribution in [0.5, 0.6) is 0 Å². The fraction of sp³-hybridized carbons (Fsp3) is 0.600. The number of hydrogen-bond donors (Lipinski definition) is 0. The maximum absolute atomic E-state index is 11.6. The third-order valence-corrected chi connectivity index (χ3v) is 1.09. The lowest BCUT2D eigenvalue weighted by Gasteiger charge is -2.06. The first-order valence-electron chi connectivity index (χ1n) is 2.70. The van der Waals surface area contributed by atoms with Crippen molar-refractivity contribution in [3.63, 3.8) is 0 Å². The van der Waals surface area contributed by atoms with Crippen molar-refractivity contribution in [1.29, 1.82) is 0 Å². The average molecular weight is 130 g/mol. The van der Waals surface area contributed by atoms with Crippen LogP contribution in [0.25, 0.3) is 0 Å². The number of rotatable bonds is 2. The van der Waals surface area contributed by atoms with Crippen molar-refractivity contribution in [1.82, 2.24) is 4.90 Å². The normalized spacial score (nSPS) is 17.4. The second-order valence-corrected chi connectivity index (χ2v) is 1.73. The summed E-state index contributed by atoms with van der Waals surface area (Å²) in [6.45, 7) is -0.180. The molecule has 0 fully saturated rings. The maximum atomic E-state index is 11.6. The minimum Gasteiger partial charge on any atom is -0.299 e. The number of amides is 1. The fourth-order valence-corrected chi connectivity index (χ4v) is 0.646. The first kappa shape index (κ1) is 6.19. The number of nitrogens with zero attached hydrogens (tertiary/aromatic N) is 2. The Bertz CT molecular complexity index is 146. The predicted molar refractivity (Wildman–Crippen MR) is 31.0 cm³/mol. The summed E-state index contributed by atoms with van der Waals surface area (Å²) in [4.78, 5) is 15.5. The van der Waals surface area contributed by atoms with Gasteiger partial charge in [0, 0.05) is 0 Å². The van der Waals surface area contributed by atoms with E-state index in [2.05, 4.69) is 4.99 Å². The number of alkyl halides is 1. The van der Waals surface area contributed by atoms with Gasteiger partial charge in [-0.25, -0.2) is 4.39 Å². The molecular weight excluding hydrogens is 123 g/mol. The number of carbonyl (C=O) groups is 1. The van der Waals surface area contributed by atoms with Crippen LogP contribution in [0.1, 0.15) is 0 Å². The number of hydrogen-bond acceptors (Lipinski definition) is 2. The van der Waals surface area contributed by atoms with E-state index < -0.39 is 6.67 Å². The highest BCUT2D eigenvalue weighted by molar-refractivity contribution is 5.93.